The third-order valence-electron chi connectivity index (χ3n) is 6.01. The average Bonchev–Trinajstić information content (AvgIpc) is 2.40. The highest BCUT2D eigenvalue weighted by Crippen LogP contribution is 2.60. The lowest BCUT2D eigenvalue weighted by Gasteiger charge is -2.55. The van der Waals surface area contributed by atoms with Gasteiger partial charge in [0.05, 0.1) is 0 Å². The normalized spacial score (nSPS) is 36.3. The fourth-order valence-electron chi connectivity index (χ4n) is 5.42. The first kappa shape index (κ1) is 15.2. The summed E-state index contributed by atoms with van der Waals surface area (Å²) in [5, 5.41) is 0. The minimum absolute atomic E-state index is 0. The second kappa shape index (κ2) is 5.49. The van der Waals surface area contributed by atoms with E-state index in [0.717, 1.165) is 17.8 Å². The number of hydrogen-bond acceptors (Lipinski definition) is 1. The molecule has 0 atom stereocenters. The van der Waals surface area contributed by atoms with Crippen molar-refractivity contribution in [2.45, 2.75) is 52.0 Å². The van der Waals surface area contributed by atoms with E-state index in [9.17, 15) is 4.79 Å². The highest BCUT2D eigenvalue weighted by atomic mass is 79.9. The van der Waals surface area contributed by atoms with Crippen LogP contribution in [0, 0.1) is 30.1 Å². The summed E-state index contributed by atoms with van der Waals surface area (Å²) in [5.41, 5.74) is 1.30. The van der Waals surface area contributed by atoms with Crippen LogP contribution in [0.1, 0.15) is 44.1 Å². The Morgan fingerprint density at radius 3 is 2.05 bits per heavy atom. The predicted octanol–water partition coefficient (Wildman–Crippen LogP) is 0.0720. The van der Waals surface area contributed by atoms with Crippen molar-refractivity contribution in [1.29, 1.82) is 0 Å². The van der Waals surface area contributed by atoms with Crippen molar-refractivity contribution in [3.8, 4) is 0 Å². The van der Waals surface area contributed by atoms with E-state index < -0.39 is 0 Å². The van der Waals surface area contributed by atoms with E-state index >= 15 is 0 Å². The van der Waals surface area contributed by atoms with Crippen molar-refractivity contribution in [3.05, 3.63) is 30.1 Å². The Bertz CT molecular complexity index is 501. The van der Waals surface area contributed by atoms with Gasteiger partial charge in [0.2, 0.25) is 12.3 Å². The van der Waals surface area contributed by atoms with Crippen molar-refractivity contribution in [2.24, 2.45) is 23.2 Å². The smallest absolute Gasteiger partial charge is 0.207 e. The van der Waals surface area contributed by atoms with Crippen LogP contribution in [-0.2, 0) is 11.3 Å². The Kier molecular flexibility index (Phi) is 3.98. The zero-order valence-electron chi connectivity index (χ0n) is 12.7. The van der Waals surface area contributed by atoms with Gasteiger partial charge in [-0.1, -0.05) is 0 Å². The number of aromatic nitrogens is 1. The number of carbonyl (C=O) groups excluding carboxylic acids is 1. The number of pyridine rings is 1. The third kappa shape index (κ3) is 2.69. The topological polar surface area (TPSA) is 20.9 Å². The molecule has 4 fully saturated rings. The molecule has 4 aliphatic carbocycles. The first-order chi connectivity index (χ1) is 9.63. The summed E-state index contributed by atoms with van der Waals surface area (Å²) in [4.78, 5) is 12.9. The molecule has 0 radical (unpaired) electrons. The van der Waals surface area contributed by atoms with Gasteiger partial charge in [0, 0.05) is 17.5 Å². The largest absolute Gasteiger partial charge is 1.00 e. The predicted molar refractivity (Wildman–Crippen MR) is 77.0 cm³/mol. The van der Waals surface area contributed by atoms with E-state index in [2.05, 4.69) is 23.6 Å². The quantitative estimate of drug-likeness (QED) is 0.707. The summed E-state index contributed by atoms with van der Waals surface area (Å²) in [6.07, 6.45) is 11.9. The van der Waals surface area contributed by atoms with E-state index in [0.29, 0.717) is 12.3 Å². The van der Waals surface area contributed by atoms with Crippen LogP contribution in [0.25, 0.3) is 0 Å². The van der Waals surface area contributed by atoms with Crippen LogP contribution in [-0.4, -0.2) is 5.78 Å². The molecule has 0 N–H and O–H groups in total. The molecule has 4 aliphatic rings. The molecule has 2 nitrogen and oxygen atoms in total. The van der Waals surface area contributed by atoms with Gasteiger partial charge in [-0.25, -0.2) is 0 Å². The van der Waals surface area contributed by atoms with Gasteiger partial charge in [0.15, 0.2) is 12.4 Å². The number of ketones is 1. The first-order valence-corrected chi connectivity index (χ1v) is 8.12. The Hall–Kier alpha value is -0.700. The van der Waals surface area contributed by atoms with E-state index in [-0.39, 0.29) is 22.4 Å². The number of rotatable bonds is 3. The summed E-state index contributed by atoms with van der Waals surface area (Å²) in [5.74, 6) is 3.07. The number of nitrogens with zero attached hydrogens (tertiary/aromatic N) is 1. The molecule has 1 aromatic heterocycles. The van der Waals surface area contributed by atoms with Crippen molar-refractivity contribution in [2.75, 3.05) is 0 Å². The highest BCUT2D eigenvalue weighted by molar-refractivity contribution is 5.84. The zero-order chi connectivity index (χ0) is 13.7. The molecule has 5 rings (SSSR count). The second-order valence-corrected chi connectivity index (χ2v) is 7.67. The fraction of sp³-hybridized carbons (Fsp3) is 0.667. The molecule has 4 bridgehead atoms. The molecule has 0 aromatic carbocycles. The van der Waals surface area contributed by atoms with Crippen LogP contribution in [0.3, 0.4) is 0 Å². The maximum absolute atomic E-state index is 12.9. The monoisotopic (exact) mass is 349 g/mol. The molecule has 21 heavy (non-hydrogen) atoms. The second-order valence-electron chi connectivity index (χ2n) is 7.67. The maximum atomic E-state index is 12.9. The lowest BCUT2D eigenvalue weighted by atomic mass is 9.48. The Morgan fingerprint density at radius 2 is 1.57 bits per heavy atom. The number of halogens is 1. The minimum atomic E-state index is 0. The van der Waals surface area contributed by atoms with E-state index in [1.807, 2.05) is 12.4 Å². The molecule has 1 heterocycles. The summed E-state index contributed by atoms with van der Waals surface area (Å²) in [7, 11) is 0. The molecule has 0 saturated heterocycles. The van der Waals surface area contributed by atoms with Crippen molar-refractivity contribution >= 4 is 5.78 Å². The molecule has 0 aliphatic heterocycles. The van der Waals surface area contributed by atoms with E-state index in [1.54, 1.807) is 0 Å². The molecular formula is C18H24BrNO. The summed E-state index contributed by atoms with van der Waals surface area (Å²) < 4.78 is 2.06. The van der Waals surface area contributed by atoms with E-state index in [1.165, 1.54) is 44.1 Å². The molecule has 3 heteroatoms. The Balaban J connectivity index is 0.00000132. The lowest BCUT2D eigenvalue weighted by molar-refractivity contribution is -0.685. The van der Waals surface area contributed by atoms with Crippen molar-refractivity contribution < 1.29 is 26.3 Å². The Labute approximate surface area is 137 Å². The van der Waals surface area contributed by atoms with Crippen LogP contribution >= 0.6 is 0 Å². The lowest BCUT2D eigenvalue weighted by Crippen LogP contribution is -3.00. The minimum Gasteiger partial charge on any atom is -1.00 e. The molecule has 0 unspecified atom stereocenters. The zero-order valence-corrected chi connectivity index (χ0v) is 14.3. The van der Waals surface area contributed by atoms with Crippen LogP contribution < -0.4 is 21.5 Å². The van der Waals surface area contributed by atoms with Gasteiger partial charge in [-0.05, 0) is 68.8 Å². The number of carbonyl (C=O) groups is 1. The van der Waals surface area contributed by atoms with Crippen molar-refractivity contribution in [1.82, 2.24) is 0 Å². The molecule has 114 valence electrons. The van der Waals surface area contributed by atoms with Crippen LogP contribution in [0.5, 0.6) is 0 Å². The first-order valence-electron chi connectivity index (χ1n) is 8.12. The fourth-order valence-corrected chi connectivity index (χ4v) is 5.42. The van der Waals surface area contributed by atoms with Gasteiger partial charge in [-0.15, -0.1) is 0 Å². The van der Waals surface area contributed by atoms with Gasteiger partial charge in [0.1, 0.15) is 0 Å². The average molecular weight is 350 g/mol. The van der Waals surface area contributed by atoms with Crippen molar-refractivity contribution in [3.63, 3.8) is 0 Å². The third-order valence-corrected chi connectivity index (χ3v) is 6.01. The maximum Gasteiger partial charge on any atom is 0.207 e. The number of aryl methyl sites for hydroxylation is 1. The van der Waals surface area contributed by atoms with Gasteiger partial charge >= 0.3 is 0 Å². The molecule has 1 aromatic rings. The van der Waals surface area contributed by atoms with Gasteiger partial charge < -0.3 is 17.0 Å². The molecule has 0 spiro atoms. The number of hydrogen-bond donors (Lipinski definition) is 0. The van der Waals surface area contributed by atoms with Crippen LogP contribution in [0.15, 0.2) is 24.5 Å². The molecular weight excluding hydrogens is 326 g/mol. The molecule has 0 amide bonds. The van der Waals surface area contributed by atoms with Crippen LogP contribution in [0.2, 0.25) is 0 Å². The summed E-state index contributed by atoms with van der Waals surface area (Å²) in [6.45, 7) is 2.66. The Morgan fingerprint density at radius 1 is 1.10 bits per heavy atom. The molecule has 4 saturated carbocycles. The van der Waals surface area contributed by atoms with E-state index in [4.69, 9.17) is 0 Å². The standard InChI is InChI=1S/C18H24NO.BrH/c1-13-2-4-19(5-3-13)12-17(20)18-9-14-6-15(10-18)8-16(7-14)11-18;/h2-5,14-16H,6-12H2,1H3;1H/q+1;/p-1. The summed E-state index contributed by atoms with van der Waals surface area (Å²) >= 11 is 0. The van der Waals surface area contributed by atoms with Gasteiger partial charge in [-0.2, -0.15) is 4.57 Å². The summed E-state index contributed by atoms with van der Waals surface area (Å²) in [6, 6.07) is 4.18. The van der Waals surface area contributed by atoms with Gasteiger partial charge in [-0.3, -0.25) is 4.79 Å². The van der Waals surface area contributed by atoms with Gasteiger partial charge in [0.25, 0.3) is 0 Å². The highest BCUT2D eigenvalue weighted by Gasteiger charge is 2.54. The van der Waals surface area contributed by atoms with Crippen LogP contribution in [0.4, 0.5) is 0 Å². The SMILES string of the molecule is Cc1cc[n+](CC(=O)C23CC4CC(CC(C4)C2)C3)cc1.[Br-]. The number of Topliss-reactive ketones (excluding diaryl/α,β-unsaturated/α-hetero) is 1.